The van der Waals surface area contributed by atoms with Crippen LogP contribution < -0.4 is 11.1 Å². The van der Waals surface area contributed by atoms with Crippen molar-refractivity contribution in [2.45, 2.75) is 12.6 Å². The summed E-state index contributed by atoms with van der Waals surface area (Å²) < 4.78 is 0. The van der Waals surface area contributed by atoms with E-state index in [9.17, 15) is 4.79 Å². The van der Waals surface area contributed by atoms with Gasteiger partial charge in [0.2, 0.25) is 5.91 Å². The van der Waals surface area contributed by atoms with Crippen LogP contribution in [0, 0.1) is 0 Å². The lowest BCUT2D eigenvalue weighted by Gasteiger charge is -2.11. The molecule has 1 amide bonds. The first kappa shape index (κ1) is 11.3. The van der Waals surface area contributed by atoms with Crippen LogP contribution in [0.2, 0.25) is 0 Å². The maximum absolute atomic E-state index is 11.8. The molecule has 5 heteroatoms. The van der Waals surface area contributed by atoms with Gasteiger partial charge in [0.15, 0.2) is 0 Å². The molecule has 5 nitrogen and oxygen atoms in total. The van der Waals surface area contributed by atoms with E-state index in [-0.39, 0.29) is 5.91 Å². The minimum atomic E-state index is -0.636. The van der Waals surface area contributed by atoms with Gasteiger partial charge >= 0.3 is 0 Å². The van der Waals surface area contributed by atoms with Crippen LogP contribution in [0.25, 0.3) is 0 Å². The van der Waals surface area contributed by atoms with E-state index in [0.717, 1.165) is 11.1 Å². The van der Waals surface area contributed by atoms with E-state index in [0.29, 0.717) is 6.54 Å². The van der Waals surface area contributed by atoms with Gasteiger partial charge in [-0.05, 0) is 5.56 Å². The first-order chi connectivity index (χ1) is 8.27. The number of nitrogens with zero attached hydrogens (tertiary/aromatic N) is 1. The Bertz CT molecular complexity index is 467. The molecule has 2 aromatic rings. The number of carbonyl (C=O) groups is 1. The highest BCUT2D eigenvalue weighted by Gasteiger charge is 2.14. The van der Waals surface area contributed by atoms with Gasteiger partial charge in [0, 0.05) is 18.3 Å². The monoisotopic (exact) mass is 230 g/mol. The molecule has 0 spiro atoms. The molecule has 0 aliphatic heterocycles. The zero-order chi connectivity index (χ0) is 12.1. The molecule has 88 valence electrons. The van der Waals surface area contributed by atoms with Crippen molar-refractivity contribution in [3.05, 3.63) is 53.9 Å². The predicted molar refractivity (Wildman–Crippen MR) is 63.8 cm³/mol. The number of hydrogen-bond donors (Lipinski definition) is 3. The lowest BCUT2D eigenvalue weighted by Crippen LogP contribution is -2.33. The zero-order valence-electron chi connectivity index (χ0n) is 9.26. The van der Waals surface area contributed by atoms with Gasteiger partial charge in [0.05, 0.1) is 6.20 Å². The number of aromatic nitrogens is 2. The van der Waals surface area contributed by atoms with Gasteiger partial charge < -0.3 is 11.1 Å². The fraction of sp³-hybridized carbons (Fsp3) is 0.167. The summed E-state index contributed by atoms with van der Waals surface area (Å²) in [6, 6.07) is 8.64. The van der Waals surface area contributed by atoms with Crippen LogP contribution in [0.15, 0.2) is 42.7 Å². The van der Waals surface area contributed by atoms with Crippen molar-refractivity contribution in [2.75, 3.05) is 0 Å². The van der Waals surface area contributed by atoms with Crippen molar-refractivity contribution in [2.24, 2.45) is 5.73 Å². The molecule has 1 atom stereocenters. The number of benzene rings is 1. The largest absolute Gasteiger partial charge is 0.350 e. The molecule has 17 heavy (non-hydrogen) atoms. The first-order valence-electron chi connectivity index (χ1n) is 5.33. The number of rotatable bonds is 4. The standard InChI is InChI=1S/C12H14N4O/c13-11(10-4-2-1-3-5-10)12(17)14-6-9-7-15-16-8-9/h1-5,7-8,11H,6,13H2,(H,14,17)(H,15,16)/t11-/m1/s1. The van der Waals surface area contributed by atoms with E-state index in [1.54, 1.807) is 12.4 Å². The molecule has 1 aromatic heterocycles. The normalized spacial score (nSPS) is 12.1. The van der Waals surface area contributed by atoms with E-state index in [1.807, 2.05) is 30.3 Å². The Hall–Kier alpha value is -2.14. The Morgan fingerprint density at radius 3 is 2.82 bits per heavy atom. The smallest absolute Gasteiger partial charge is 0.241 e. The van der Waals surface area contributed by atoms with Crippen molar-refractivity contribution in [1.82, 2.24) is 15.5 Å². The topological polar surface area (TPSA) is 83.8 Å². The summed E-state index contributed by atoms with van der Waals surface area (Å²) in [5.74, 6) is -0.197. The Morgan fingerprint density at radius 2 is 2.18 bits per heavy atom. The summed E-state index contributed by atoms with van der Waals surface area (Å²) >= 11 is 0. The number of amides is 1. The molecule has 0 radical (unpaired) electrons. The van der Waals surface area contributed by atoms with Gasteiger partial charge in [0.25, 0.3) is 0 Å². The quantitative estimate of drug-likeness (QED) is 0.723. The van der Waals surface area contributed by atoms with Gasteiger partial charge in [-0.2, -0.15) is 5.10 Å². The lowest BCUT2D eigenvalue weighted by molar-refractivity contribution is -0.122. The molecule has 1 heterocycles. The molecule has 1 aromatic carbocycles. The molecule has 0 bridgehead atoms. The molecule has 0 aliphatic carbocycles. The first-order valence-corrected chi connectivity index (χ1v) is 5.33. The van der Waals surface area contributed by atoms with Crippen LogP contribution in [0.4, 0.5) is 0 Å². The summed E-state index contributed by atoms with van der Waals surface area (Å²) in [6.07, 6.45) is 3.39. The van der Waals surface area contributed by atoms with Crippen LogP contribution in [-0.2, 0) is 11.3 Å². The summed E-state index contributed by atoms with van der Waals surface area (Å²) in [7, 11) is 0. The van der Waals surface area contributed by atoms with E-state index in [4.69, 9.17) is 5.73 Å². The number of hydrogen-bond acceptors (Lipinski definition) is 3. The average Bonchev–Trinajstić information content (AvgIpc) is 2.89. The molecule has 0 saturated heterocycles. The molecule has 0 aliphatic rings. The third-order valence-corrected chi connectivity index (χ3v) is 2.46. The number of aromatic amines is 1. The Morgan fingerprint density at radius 1 is 1.41 bits per heavy atom. The van der Waals surface area contributed by atoms with Gasteiger partial charge in [-0.1, -0.05) is 30.3 Å². The summed E-state index contributed by atoms with van der Waals surface area (Å²) in [6.45, 7) is 0.426. The van der Waals surface area contributed by atoms with E-state index >= 15 is 0 Å². The minimum absolute atomic E-state index is 0.197. The second kappa shape index (κ2) is 5.27. The minimum Gasteiger partial charge on any atom is -0.350 e. The molecule has 0 fully saturated rings. The highest BCUT2D eigenvalue weighted by Crippen LogP contribution is 2.09. The second-order valence-corrected chi connectivity index (χ2v) is 3.71. The van der Waals surface area contributed by atoms with Crippen LogP contribution in [0.5, 0.6) is 0 Å². The number of nitrogens with one attached hydrogen (secondary N) is 2. The second-order valence-electron chi connectivity index (χ2n) is 3.71. The van der Waals surface area contributed by atoms with Crippen LogP contribution >= 0.6 is 0 Å². The maximum Gasteiger partial charge on any atom is 0.241 e. The van der Waals surface area contributed by atoms with Crippen LogP contribution in [0.3, 0.4) is 0 Å². The fourth-order valence-electron chi connectivity index (χ4n) is 1.49. The van der Waals surface area contributed by atoms with Crippen LogP contribution in [0.1, 0.15) is 17.2 Å². The SMILES string of the molecule is N[C@@H](C(=O)NCc1cn[nH]c1)c1ccccc1. The Balaban J connectivity index is 1.92. The van der Waals surface area contributed by atoms with Crippen molar-refractivity contribution < 1.29 is 4.79 Å². The molecule has 0 saturated carbocycles. The van der Waals surface area contributed by atoms with Crippen molar-refractivity contribution in [3.63, 3.8) is 0 Å². The summed E-state index contributed by atoms with van der Waals surface area (Å²) in [4.78, 5) is 11.8. The highest BCUT2D eigenvalue weighted by atomic mass is 16.2. The number of H-pyrrole nitrogens is 1. The third kappa shape index (κ3) is 2.92. The van der Waals surface area contributed by atoms with E-state index in [2.05, 4.69) is 15.5 Å². The highest BCUT2D eigenvalue weighted by molar-refractivity contribution is 5.82. The van der Waals surface area contributed by atoms with Crippen molar-refractivity contribution in [3.8, 4) is 0 Å². The van der Waals surface area contributed by atoms with E-state index < -0.39 is 6.04 Å². The van der Waals surface area contributed by atoms with Crippen LogP contribution in [-0.4, -0.2) is 16.1 Å². The lowest BCUT2D eigenvalue weighted by atomic mass is 10.1. The number of nitrogens with two attached hydrogens (primary N) is 1. The third-order valence-electron chi connectivity index (χ3n) is 2.46. The Labute approximate surface area is 99.0 Å². The van der Waals surface area contributed by atoms with Crippen molar-refractivity contribution >= 4 is 5.91 Å². The fourth-order valence-corrected chi connectivity index (χ4v) is 1.49. The molecular formula is C12H14N4O. The Kier molecular flexibility index (Phi) is 3.52. The molecule has 0 unspecified atom stereocenters. The summed E-state index contributed by atoms with van der Waals surface area (Å²) in [5.41, 5.74) is 7.56. The number of carbonyl (C=O) groups excluding carboxylic acids is 1. The van der Waals surface area contributed by atoms with Crippen molar-refractivity contribution in [1.29, 1.82) is 0 Å². The van der Waals surface area contributed by atoms with Gasteiger partial charge in [-0.3, -0.25) is 9.89 Å². The summed E-state index contributed by atoms with van der Waals surface area (Å²) in [5, 5.41) is 9.24. The average molecular weight is 230 g/mol. The molecular weight excluding hydrogens is 216 g/mol. The molecule has 2 rings (SSSR count). The zero-order valence-corrected chi connectivity index (χ0v) is 9.26. The van der Waals surface area contributed by atoms with Gasteiger partial charge in [-0.25, -0.2) is 0 Å². The maximum atomic E-state index is 11.8. The predicted octanol–water partition coefficient (Wildman–Crippen LogP) is 0.726. The van der Waals surface area contributed by atoms with E-state index in [1.165, 1.54) is 0 Å². The van der Waals surface area contributed by atoms with Gasteiger partial charge in [-0.15, -0.1) is 0 Å². The van der Waals surface area contributed by atoms with Gasteiger partial charge in [0.1, 0.15) is 6.04 Å². The molecule has 4 N–H and O–H groups in total.